The molecule has 2 aromatic heterocycles. The smallest absolute Gasteiger partial charge is 0.245 e. The van der Waals surface area contributed by atoms with E-state index in [-0.39, 0.29) is 5.95 Å². The van der Waals surface area contributed by atoms with Crippen LogP contribution in [0.15, 0.2) is 29.0 Å². The van der Waals surface area contributed by atoms with Gasteiger partial charge in [0.25, 0.3) is 0 Å². The zero-order valence-corrected chi connectivity index (χ0v) is 12.7. The predicted molar refractivity (Wildman–Crippen MR) is 80.3 cm³/mol. The Morgan fingerprint density at radius 1 is 1.35 bits per heavy atom. The Kier molecular flexibility index (Phi) is 3.23. The van der Waals surface area contributed by atoms with Gasteiger partial charge >= 0.3 is 0 Å². The van der Waals surface area contributed by atoms with Crippen LogP contribution >= 0.6 is 27.5 Å². The molecule has 1 aromatic carbocycles. The summed E-state index contributed by atoms with van der Waals surface area (Å²) in [6.07, 6.45) is 1.40. The minimum absolute atomic E-state index is 0.289. The molecule has 0 amide bonds. The Morgan fingerprint density at radius 2 is 2.15 bits per heavy atom. The van der Waals surface area contributed by atoms with Gasteiger partial charge in [-0.2, -0.15) is 4.98 Å². The molecule has 0 bridgehead atoms. The van der Waals surface area contributed by atoms with Gasteiger partial charge in [-0.1, -0.05) is 11.6 Å². The molecule has 2 heterocycles. The summed E-state index contributed by atoms with van der Waals surface area (Å²) < 4.78 is 7.65. The molecule has 102 valence electrons. The third-order valence-electron chi connectivity index (χ3n) is 2.79. The molecule has 0 aliphatic carbocycles. The highest BCUT2D eigenvalue weighted by Gasteiger charge is 2.16. The van der Waals surface area contributed by atoms with E-state index >= 15 is 0 Å². The molecule has 0 unspecified atom stereocenters. The average Bonchev–Trinajstić information content (AvgIpc) is 2.78. The monoisotopic (exact) mass is 353 g/mol. The summed E-state index contributed by atoms with van der Waals surface area (Å²) in [6, 6.07) is 5.47. The van der Waals surface area contributed by atoms with Crippen LogP contribution in [0.25, 0.3) is 16.9 Å². The van der Waals surface area contributed by atoms with Crippen molar-refractivity contribution in [3.8, 4) is 11.6 Å². The van der Waals surface area contributed by atoms with E-state index in [1.807, 2.05) is 12.1 Å². The van der Waals surface area contributed by atoms with Gasteiger partial charge in [0, 0.05) is 4.47 Å². The summed E-state index contributed by atoms with van der Waals surface area (Å²) in [4.78, 5) is 12.5. The van der Waals surface area contributed by atoms with Gasteiger partial charge in [0.15, 0.2) is 11.2 Å². The first-order chi connectivity index (χ1) is 9.61. The second-order valence-electron chi connectivity index (χ2n) is 3.96. The number of nitrogens with zero attached hydrogens (tertiary/aromatic N) is 4. The average molecular weight is 355 g/mol. The van der Waals surface area contributed by atoms with E-state index < -0.39 is 0 Å². The van der Waals surface area contributed by atoms with Gasteiger partial charge in [-0.05, 0) is 34.1 Å². The number of ether oxygens (including phenoxy) is 1. The SMILES string of the molecule is COc1ncnc2c1nc(N)n2-c1ccc(Br)c(Cl)c1. The number of nitrogens with two attached hydrogens (primary N) is 1. The van der Waals surface area contributed by atoms with Crippen LogP contribution in [-0.4, -0.2) is 26.6 Å². The van der Waals surface area contributed by atoms with E-state index in [1.165, 1.54) is 13.4 Å². The molecule has 8 heteroatoms. The minimum Gasteiger partial charge on any atom is -0.479 e. The van der Waals surface area contributed by atoms with E-state index in [1.54, 1.807) is 10.6 Å². The molecule has 3 rings (SSSR count). The zero-order chi connectivity index (χ0) is 14.3. The van der Waals surface area contributed by atoms with Crippen molar-refractivity contribution < 1.29 is 4.74 Å². The topological polar surface area (TPSA) is 78.8 Å². The Bertz CT molecular complexity index is 804. The standard InChI is InChI=1S/C12H9BrClN5O/c1-20-11-9-10(16-5-17-11)19(12(15)18-9)6-2-3-7(13)8(14)4-6/h2-5H,1H3,(H2,15,18). The number of methoxy groups -OCH3 is 1. The van der Waals surface area contributed by atoms with Crippen molar-refractivity contribution in [3.05, 3.63) is 34.0 Å². The lowest BCUT2D eigenvalue weighted by atomic mass is 10.3. The molecule has 0 atom stereocenters. The second-order valence-corrected chi connectivity index (χ2v) is 5.22. The first kappa shape index (κ1) is 13.1. The second kappa shape index (κ2) is 4.92. The number of rotatable bonds is 2. The van der Waals surface area contributed by atoms with Crippen molar-refractivity contribution in [2.75, 3.05) is 12.8 Å². The zero-order valence-electron chi connectivity index (χ0n) is 10.3. The fourth-order valence-corrected chi connectivity index (χ4v) is 2.34. The molecule has 0 radical (unpaired) electrons. The minimum atomic E-state index is 0.289. The van der Waals surface area contributed by atoms with Crippen LogP contribution in [0.1, 0.15) is 0 Å². The van der Waals surface area contributed by atoms with Crippen LogP contribution in [0.3, 0.4) is 0 Å². The molecule has 0 aliphatic rings. The van der Waals surface area contributed by atoms with Crippen LogP contribution in [-0.2, 0) is 0 Å². The van der Waals surface area contributed by atoms with Crippen LogP contribution in [0.4, 0.5) is 5.95 Å². The van der Waals surface area contributed by atoms with Gasteiger partial charge in [-0.25, -0.2) is 9.97 Å². The first-order valence-corrected chi connectivity index (χ1v) is 6.77. The van der Waals surface area contributed by atoms with Gasteiger partial charge in [-0.3, -0.25) is 4.57 Å². The van der Waals surface area contributed by atoms with Crippen molar-refractivity contribution in [3.63, 3.8) is 0 Å². The van der Waals surface area contributed by atoms with Crippen molar-refractivity contribution in [2.45, 2.75) is 0 Å². The molecule has 6 nitrogen and oxygen atoms in total. The third kappa shape index (κ3) is 1.99. The quantitative estimate of drug-likeness (QED) is 0.765. The van der Waals surface area contributed by atoms with E-state index in [4.69, 9.17) is 22.1 Å². The Balaban J connectivity index is 2.30. The van der Waals surface area contributed by atoms with E-state index in [2.05, 4.69) is 30.9 Å². The molecule has 0 spiro atoms. The lowest BCUT2D eigenvalue weighted by Crippen LogP contribution is -2.01. The molecule has 20 heavy (non-hydrogen) atoms. The summed E-state index contributed by atoms with van der Waals surface area (Å²) in [6.45, 7) is 0. The molecule has 0 saturated heterocycles. The maximum absolute atomic E-state index is 6.11. The predicted octanol–water partition coefficient (Wildman–Crippen LogP) is 2.82. The number of nitrogen functional groups attached to an aromatic ring is 1. The van der Waals surface area contributed by atoms with Crippen molar-refractivity contribution in [1.29, 1.82) is 0 Å². The first-order valence-electron chi connectivity index (χ1n) is 5.60. The fraction of sp³-hybridized carbons (Fsp3) is 0.0833. The number of aromatic nitrogens is 4. The van der Waals surface area contributed by atoms with Gasteiger partial charge in [0.1, 0.15) is 6.33 Å². The summed E-state index contributed by atoms with van der Waals surface area (Å²) >= 11 is 9.46. The van der Waals surface area contributed by atoms with E-state index in [0.717, 1.165) is 10.2 Å². The molecule has 3 aromatic rings. The fourth-order valence-electron chi connectivity index (χ4n) is 1.92. The maximum Gasteiger partial charge on any atom is 0.245 e. The number of benzene rings is 1. The number of fused-ring (bicyclic) bond motifs is 1. The van der Waals surface area contributed by atoms with Crippen LogP contribution in [0.2, 0.25) is 5.02 Å². The molecule has 2 N–H and O–H groups in total. The lowest BCUT2D eigenvalue weighted by Gasteiger charge is -2.07. The Morgan fingerprint density at radius 3 is 2.85 bits per heavy atom. The highest BCUT2D eigenvalue weighted by atomic mass is 79.9. The highest BCUT2D eigenvalue weighted by Crippen LogP contribution is 2.30. The number of hydrogen-bond acceptors (Lipinski definition) is 5. The summed E-state index contributed by atoms with van der Waals surface area (Å²) in [5.41, 5.74) is 7.80. The van der Waals surface area contributed by atoms with Gasteiger partial charge in [0.05, 0.1) is 17.8 Å². The van der Waals surface area contributed by atoms with Crippen molar-refractivity contribution >= 4 is 44.6 Å². The number of anilines is 1. The summed E-state index contributed by atoms with van der Waals surface area (Å²) in [5.74, 6) is 0.667. The lowest BCUT2D eigenvalue weighted by molar-refractivity contribution is 0.401. The molecule has 0 aliphatic heterocycles. The number of imidazole rings is 1. The molecular formula is C12H9BrClN5O. The van der Waals surface area contributed by atoms with Gasteiger partial charge < -0.3 is 10.5 Å². The number of halogens is 2. The van der Waals surface area contributed by atoms with E-state index in [0.29, 0.717) is 22.1 Å². The van der Waals surface area contributed by atoms with Crippen LogP contribution < -0.4 is 10.5 Å². The normalized spacial score (nSPS) is 10.9. The van der Waals surface area contributed by atoms with Crippen LogP contribution in [0.5, 0.6) is 5.88 Å². The Hall–Kier alpha value is -1.86. The Labute approximate surface area is 127 Å². The van der Waals surface area contributed by atoms with Gasteiger partial charge in [0.2, 0.25) is 11.8 Å². The van der Waals surface area contributed by atoms with Crippen LogP contribution in [0, 0.1) is 0 Å². The molecule has 0 saturated carbocycles. The third-order valence-corrected chi connectivity index (χ3v) is 4.02. The molecular weight excluding hydrogens is 346 g/mol. The molecule has 0 fully saturated rings. The number of hydrogen-bond donors (Lipinski definition) is 1. The highest BCUT2D eigenvalue weighted by molar-refractivity contribution is 9.10. The maximum atomic E-state index is 6.11. The van der Waals surface area contributed by atoms with Gasteiger partial charge in [-0.15, -0.1) is 0 Å². The van der Waals surface area contributed by atoms with E-state index in [9.17, 15) is 0 Å². The summed E-state index contributed by atoms with van der Waals surface area (Å²) in [7, 11) is 1.52. The summed E-state index contributed by atoms with van der Waals surface area (Å²) in [5, 5.41) is 0.574. The van der Waals surface area contributed by atoms with Crippen molar-refractivity contribution in [2.24, 2.45) is 0 Å². The van der Waals surface area contributed by atoms with Crippen molar-refractivity contribution in [1.82, 2.24) is 19.5 Å². The largest absolute Gasteiger partial charge is 0.479 e.